The van der Waals surface area contributed by atoms with Crippen LogP contribution in [0, 0.1) is 11.3 Å². The van der Waals surface area contributed by atoms with E-state index >= 15 is 0 Å². The Morgan fingerprint density at radius 2 is 1.78 bits per heavy atom. The highest BCUT2D eigenvalue weighted by Crippen LogP contribution is 2.37. The number of hydrogen-bond donors (Lipinski definition) is 1. The second-order valence-electron chi connectivity index (χ2n) is 6.78. The van der Waals surface area contributed by atoms with E-state index in [4.69, 9.17) is 0 Å². The molecule has 0 aromatic carbocycles. The van der Waals surface area contributed by atoms with Crippen molar-refractivity contribution >= 4 is 0 Å². The van der Waals surface area contributed by atoms with E-state index in [1.165, 1.54) is 0 Å². The van der Waals surface area contributed by atoms with Gasteiger partial charge in [-0.2, -0.15) is 13.2 Å². The van der Waals surface area contributed by atoms with Gasteiger partial charge in [-0.3, -0.25) is 4.90 Å². The highest BCUT2D eigenvalue weighted by Gasteiger charge is 2.44. The predicted molar refractivity (Wildman–Crippen MR) is 65.4 cm³/mol. The first-order valence-electron chi connectivity index (χ1n) is 6.71. The molecule has 2 atom stereocenters. The van der Waals surface area contributed by atoms with Crippen LogP contribution in [0.3, 0.4) is 0 Å². The van der Waals surface area contributed by atoms with E-state index in [1.807, 2.05) is 20.8 Å². The molecule has 106 valence electrons. The summed E-state index contributed by atoms with van der Waals surface area (Å²) >= 11 is 0. The molecular formula is C13H23F3N2. The Morgan fingerprint density at radius 1 is 1.17 bits per heavy atom. The van der Waals surface area contributed by atoms with E-state index < -0.39 is 12.7 Å². The molecule has 2 fully saturated rings. The summed E-state index contributed by atoms with van der Waals surface area (Å²) in [6, 6.07) is 0.208. The van der Waals surface area contributed by atoms with Gasteiger partial charge in [-0.1, -0.05) is 20.8 Å². The van der Waals surface area contributed by atoms with Crippen LogP contribution in [0.25, 0.3) is 0 Å². The number of alkyl halides is 3. The first-order chi connectivity index (χ1) is 8.17. The average Bonchev–Trinajstić information content (AvgIpc) is 2.95. The quantitative estimate of drug-likeness (QED) is 0.825. The third-order valence-corrected chi connectivity index (χ3v) is 4.02. The average molecular weight is 264 g/mol. The molecular weight excluding hydrogens is 241 g/mol. The monoisotopic (exact) mass is 264 g/mol. The van der Waals surface area contributed by atoms with Crippen LogP contribution in [0.2, 0.25) is 0 Å². The van der Waals surface area contributed by atoms with Gasteiger partial charge in [0.15, 0.2) is 0 Å². The van der Waals surface area contributed by atoms with Crippen LogP contribution in [0.5, 0.6) is 0 Å². The molecule has 0 aromatic heterocycles. The highest BCUT2D eigenvalue weighted by atomic mass is 19.4. The van der Waals surface area contributed by atoms with Gasteiger partial charge < -0.3 is 5.32 Å². The Hall–Kier alpha value is -0.290. The molecule has 0 amide bonds. The summed E-state index contributed by atoms with van der Waals surface area (Å²) in [6.45, 7) is 6.47. The fourth-order valence-corrected chi connectivity index (χ4v) is 2.91. The Bertz CT molecular complexity index is 292. The number of nitrogens with one attached hydrogen (secondary N) is 1. The molecule has 1 saturated heterocycles. The molecule has 5 heteroatoms. The Morgan fingerprint density at radius 3 is 2.22 bits per heavy atom. The Kier molecular flexibility index (Phi) is 3.67. The van der Waals surface area contributed by atoms with E-state index in [1.54, 1.807) is 4.90 Å². The molecule has 1 N–H and O–H groups in total. The van der Waals surface area contributed by atoms with Gasteiger partial charge in [-0.05, 0) is 24.2 Å². The van der Waals surface area contributed by atoms with Crippen molar-refractivity contribution in [1.29, 1.82) is 0 Å². The lowest BCUT2D eigenvalue weighted by atomic mass is 9.83. The normalized spacial score (nSPS) is 31.7. The summed E-state index contributed by atoms with van der Waals surface area (Å²) in [7, 11) is 0. The summed E-state index contributed by atoms with van der Waals surface area (Å²) in [5.41, 5.74) is -0.132. The maximum Gasteiger partial charge on any atom is 0.401 e. The summed E-state index contributed by atoms with van der Waals surface area (Å²) in [5, 5.41) is 3.44. The number of hydrogen-bond acceptors (Lipinski definition) is 2. The molecule has 1 saturated carbocycles. The van der Waals surface area contributed by atoms with Crippen LogP contribution >= 0.6 is 0 Å². The van der Waals surface area contributed by atoms with Crippen molar-refractivity contribution in [3.05, 3.63) is 0 Å². The maximum atomic E-state index is 12.7. The fraction of sp³-hybridized carbons (Fsp3) is 1.00. The molecule has 18 heavy (non-hydrogen) atoms. The zero-order valence-electron chi connectivity index (χ0n) is 11.3. The minimum Gasteiger partial charge on any atom is -0.311 e. The zero-order valence-corrected chi connectivity index (χ0v) is 11.3. The lowest BCUT2D eigenvalue weighted by molar-refractivity contribution is -0.159. The van der Waals surface area contributed by atoms with Crippen molar-refractivity contribution in [2.24, 2.45) is 11.3 Å². The summed E-state index contributed by atoms with van der Waals surface area (Å²) in [4.78, 5) is 1.64. The molecule has 2 nitrogen and oxygen atoms in total. The van der Waals surface area contributed by atoms with Gasteiger partial charge >= 0.3 is 6.18 Å². The van der Waals surface area contributed by atoms with Gasteiger partial charge in [-0.15, -0.1) is 0 Å². The molecule has 1 aliphatic heterocycles. The van der Waals surface area contributed by atoms with Crippen molar-refractivity contribution in [1.82, 2.24) is 10.2 Å². The molecule has 0 radical (unpaired) electrons. The highest BCUT2D eigenvalue weighted by molar-refractivity contribution is 4.98. The lowest BCUT2D eigenvalue weighted by Crippen LogP contribution is -2.62. The molecule has 2 aliphatic rings. The minimum atomic E-state index is -4.10. The van der Waals surface area contributed by atoms with Crippen molar-refractivity contribution in [2.75, 3.05) is 19.6 Å². The van der Waals surface area contributed by atoms with Crippen LogP contribution < -0.4 is 5.32 Å². The van der Waals surface area contributed by atoms with Gasteiger partial charge in [0.2, 0.25) is 0 Å². The molecule has 0 aromatic rings. The van der Waals surface area contributed by atoms with Gasteiger partial charge in [0.1, 0.15) is 0 Å². The van der Waals surface area contributed by atoms with E-state index in [2.05, 4.69) is 5.32 Å². The largest absolute Gasteiger partial charge is 0.401 e. The third kappa shape index (κ3) is 3.60. The van der Waals surface area contributed by atoms with Gasteiger partial charge in [0, 0.05) is 25.2 Å². The van der Waals surface area contributed by atoms with Crippen molar-refractivity contribution in [3.63, 3.8) is 0 Å². The maximum absolute atomic E-state index is 12.7. The summed E-state index contributed by atoms with van der Waals surface area (Å²) < 4.78 is 38.1. The number of rotatable bonds is 2. The van der Waals surface area contributed by atoms with Gasteiger partial charge in [0.25, 0.3) is 0 Å². The van der Waals surface area contributed by atoms with Crippen LogP contribution in [0.4, 0.5) is 13.2 Å². The van der Waals surface area contributed by atoms with E-state index in [9.17, 15) is 13.2 Å². The SMILES string of the molecule is CC(C)(C)C1CNC(C2CC2)CN1CC(F)(F)F. The Balaban J connectivity index is 2.05. The molecule has 2 rings (SSSR count). The topological polar surface area (TPSA) is 15.3 Å². The Labute approximate surface area is 107 Å². The smallest absolute Gasteiger partial charge is 0.311 e. The molecule has 1 aliphatic carbocycles. The summed E-state index contributed by atoms with van der Waals surface area (Å²) in [6.07, 6.45) is -1.77. The molecule has 1 heterocycles. The summed E-state index contributed by atoms with van der Waals surface area (Å²) in [5.74, 6) is 0.599. The fourth-order valence-electron chi connectivity index (χ4n) is 2.91. The van der Waals surface area contributed by atoms with Crippen molar-refractivity contribution in [3.8, 4) is 0 Å². The second-order valence-corrected chi connectivity index (χ2v) is 6.78. The van der Waals surface area contributed by atoms with Crippen LogP contribution in [0.1, 0.15) is 33.6 Å². The van der Waals surface area contributed by atoms with Gasteiger partial charge in [0.05, 0.1) is 6.54 Å². The molecule has 2 unspecified atom stereocenters. The van der Waals surface area contributed by atoms with Crippen LogP contribution in [-0.2, 0) is 0 Å². The standard InChI is InChI=1S/C13H23F3N2/c1-12(2,3)11-6-17-10(9-4-5-9)7-18(11)8-13(14,15)16/h9-11,17H,4-8H2,1-3H3. The molecule has 0 spiro atoms. The second kappa shape index (κ2) is 4.67. The van der Waals surface area contributed by atoms with Gasteiger partial charge in [-0.25, -0.2) is 0 Å². The third-order valence-electron chi connectivity index (χ3n) is 4.02. The van der Waals surface area contributed by atoms with Crippen LogP contribution in [-0.4, -0.2) is 42.8 Å². The number of nitrogens with zero attached hydrogens (tertiary/aromatic N) is 1. The van der Waals surface area contributed by atoms with E-state index in [0.29, 0.717) is 19.0 Å². The lowest BCUT2D eigenvalue weighted by Gasteiger charge is -2.46. The number of halogens is 3. The van der Waals surface area contributed by atoms with Crippen molar-refractivity contribution < 1.29 is 13.2 Å². The molecule has 0 bridgehead atoms. The first kappa shape index (κ1) is 14.1. The van der Waals surface area contributed by atoms with E-state index in [-0.39, 0.29) is 17.5 Å². The zero-order chi connectivity index (χ0) is 13.6. The minimum absolute atomic E-state index is 0.0471. The van der Waals surface area contributed by atoms with Crippen molar-refractivity contribution in [2.45, 2.75) is 51.9 Å². The van der Waals surface area contributed by atoms with Crippen LogP contribution in [0.15, 0.2) is 0 Å². The first-order valence-corrected chi connectivity index (χ1v) is 6.71. The predicted octanol–water partition coefficient (Wildman–Crippen LogP) is 2.65. The number of piperazine rings is 1. The van der Waals surface area contributed by atoms with E-state index in [0.717, 1.165) is 12.8 Å².